The zero-order valence-electron chi connectivity index (χ0n) is 13.9. The van der Waals surface area contributed by atoms with Crippen LogP contribution in [0.15, 0.2) is 0 Å². The monoisotopic (exact) mass is 331 g/mol. The Hall–Kier alpha value is -0.810. The first-order chi connectivity index (χ1) is 9.99. The quantitative estimate of drug-likeness (QED) is 0.822. The molecule has 2 aliphatic rings. The fraction of sp³-hybridized carbons (Fsp3) is 0.875. The first-order valence-electron chi connectivity index (χ1n) is 8.31. The molecule has 0 aromatic heterocycles. The standard InChI is InChI=1S/C16H29N3O2.ClH/c1-11(2)12(3)18-15(20)13-6-9-19(10-7-13)16(21)14-5-4-8-17-14;/h11-14,17H,4-10H2,1-3H3,(H,18,20);1H. The lowest BCUT2D eigenvalue weighted by Crippen LogP contribution is -2.49. The first-order valence-corrected chi connectivity index (χ1v) is 8.31. The molecule has 0 bridgehead atoms. The minimum atomic E-state index is 0. The minimum absolute atomic E-state index is 0. The third-order valence-corrected chi connectivity index (χ3v) is 4.91. The van der Waals surface area contributed by atoms with E-state index in [0.717, 1.165) is 32.2 Å². The third kappa shape index (κ3) is 4.85. The molecule has 2 fully saturated rings. The van der Waals surface area contributed by atoms with Crippen LogP contribution in [0.3, 0.4) is 0 Å². The van der Waals surface area contributed by atoms with E-state index in [2.05, 4.69) is 24.5 Å². The molecule has 0 aromatic carbocycles. The smallest absolute Gasteiger partial charge is 0.239 e. The molecule has 0 radical (unpaired) electrons. The number of halogens is 1. The summed E-state index contributed by atoms with van der Waals surface area (Å²) in [5.74, 6) is 0.889. The first kappa shape index (κ1) is 19.2. The van der Waals surface area contributed by atoms with Crippen LogP contribution in [0, 0.1) is 11.8 Å². The molecular formula is C16H30ClN3O2. The molecule has 2 amide bonds. The lowest BCUT2D eigenvalue weighted by molar-refractivity contribution is -0.137. The Morgan fingerprint density at radius 2 is 1.77 bits per heavy atom. The molecule has 2 atom stereocenters. The summed E-state index contributed by atoms with van der Waals surface area (Å²) in [5.41, 5.74) is 0. The predicted octanol–water partition coefficient (Wildman–Crippen LogP) is 1.56. The van der Waals surface area contributed by atoms with Crippen molar-refractivity contribution >= 4 is 24.2 Å². The molecule has 2 rings (SSSR count). The lowest BCUT2D eigenvalue weighted by atomic mass is 9.94. The highest BCUT2D eigenvalue weighted by Crippen LogP contribution is 2.20. The van der Waals surface area contributed by atoms with Gasteiger partial charge in [0.2, 0.25) is 11.8 Å². The van der Waals surface area contributed by atoms with Gasteiger partial charge in [0.05, 0.1) is 6.04 Å². The van der Waals surface area contributed by atoms with Crippen LogP contribution in [-0.2, 0) is 9.59 Å². The number of hydrogen-bond donors (Lipinski definition) is 2. The zero-order chi connectivity index (χ0) is 15.4. The van der Waals surface area contributed by atoms with Crippen LogP contribution in [0.1, 0.15) is 46.5 Å². The second-order valence-corrected chi connectivity index (χ2v) is 6.79. The van der Waals surface area contributed by atoms with Crippen molar-refractivity contribution in [2.45, 2.75) is 58.5 Å². The summed E-state index contributed by atoms with van der Waals surface area (Å²) in [6, 6.07) is 0.219. The third-order valence-electron chi connectivity index (χ3n) is 4.91. The van der Waals surface area contributed by atoms with Crippen molar-refractivity contribution in [2.75, 3.05) is 19.6 Å². The number of piperidine rings is 1. The molecular weight excluding hydrogens is 302 g/mol. The number of hydrogen-bond acceptors (Lipinski definition) is 3. The Bertz CT molecular complexity index is 376. The SMILES string of the molecule is CC(C)C(C)NC(=O)C1CCN(C(=O)C2CCCN2)CC1.Cl. The van der Waals surface area contributed by atoms with Gasteiger partial charge in [0.1, 0.15) is 0 Å². The molecule has 0 aromatic rings. The van der Waals surface area contributed by atoms with Crippen LogP contribution in [0.5, 0.6) is 0 Å². The van der Waals surface area contributed by atoms with Crippen LogP contribution in [-0.4, -0.2) is 48.4 Å². The van der Waals surface area contributed by atoms with Gasteiger partial charge in [0.25, 0.3) is 0 Å². The van der Waals surface area contributed by atoms with E-state index >= 15 is 0 Å². The summed E-state index contributed by atoms with van der Waals surface area (Å²) in [5, 5.41) is 6.35. The van der Waals surface area contributed by atoms with Crippen LogP contribution >= 0.6 is 12.4 Å². The summed E-state index contributed by atoms with van der Waals surface area (Å²) < 4.78 is 0. The molecule has 128 valence electrons. The maximum atomic E-state index is 12.3. The Morgan fingerprint density at radius 3 is 2.27 bits per heavy atom. The van der Waals surface area contributed by atoms with Crippen LogP contribution in [0.25, 0.3) is 0 Å². The zero-order valence-corrected chi connectivity index (χ0v) is 14.7. The molecule has 2 unspecified atom stereocenters. The van der Waals surface area contributed by atoms with Gasteiger partial charge in [-0.05, 0) is 45.1 Å². The Labute approximate surface area is 140 Å². The second kappa shape index (κ2) is 8.73. The Balaban J connectivity index is 0.00000242. The van der Waals surface area contributed by atoms with Crippen LogP contribution in [0.4, 0.5) is 0 Å². The highest BCUT2D eigenvalue weighted by atomic mass is 35.5. The average molecular weight is 332 g/mol. The second-order valence-electron chi connectivity index (χ2n) is 6.79. The maximum Gasteiger partial charge on any atom is 0.239 e. The summed E-state index contributed by atoms with van der Waals surface area (Å²) in [4.78, 5) is 26.5. The molecule has 0 aliphatic carbocycles. The molecule has 6 heteroatoms. The van der Waals surface area contributed by atoms with Gasteiger partial charge in [-0.3, -0.25) is 9.59 Å². The topological polar surface area (TPSA) is 61.4 Å². The van der Waals surface area contributed by atoms with Gasteiger partial charge >= 0.3 is 0 Å². The Kier molecular flexibility index (Phi) is 7.63. The van der Waals surface area contributed by atoms with Crippen molar-refractivity contribution in [3.8, 4) is 0 Å². The van der Waals surface area contributed by atoms with Crippen molar-refractivity contribution in [1.29, 1.82) is 0 Å². The number of nitrogens with one attached hydrogen (secondary N) is 2. The lowest BCUT2D eigenvalue weighted by Gasteiger charge is -2.33. The number of rotatable bonds is 4. The minimum Gasteiger partial charge on any atom is -0.353 e. The van der Waals surface area contributed by atoms with E-state index in [9.17, 15) is 9.59 Å². The van der Waals surface area contributed by atoms with Gasteiger partial charge in [-0.2, -0.15) is 0 Å². The van der Waals surface area contributed by atoms with Gasteiger partial charge < -0.3 is 15.5 Å². The number of likely N-dealkylation sites (tertiary alicyclic amines) is 1. The Morgan fingerprint density at radius 1 is 1.14 bits per heavy atom. The highest BCUT2D eigenvalue weighted by Gasteiger charge is 2.32. The summed E-state index contributed by atoms with van der Waals surface area (Å²) in [6.45, 7) is 8.65. The molecule has 0 saturated carbocycles. The predicted molar refractivity (Wildman–Crippen MR) is 90.0 cm³/mol. The average Bonchev–Trinajstić information content (AvgIpc) is 3.00. The number of amides is 2. The molecule has 2 saturated heterocycles. The number of carbonyl (C=O) groups is 2. The van der Waals surface area contributed by atoms with Crippen LogP contribution in [0.2, 0.25) is 0 Å². The summed E-state index contributed by atoms with van der Waals surface area (Å²) in [6.07, 6.45) is 3.61. The van der Waals surface area contributed by atoms with E-state index < -0.39 is 0 Å². The van der Waals surface area contributed by atoms with Crippen molar-refractivity contribution < 1.29 is 9.59 Å². The van der Waals surface area contributed by atoms with Gasteiger partial charge in [-0.25, -0.2) is 0 Å². The molecule has 2 aliphatic heterocycles. The number of carbonyl (C=O) groups excluding carboxylic acids is 2. The fourth-order valence-electron chi connectivity index (χ4n) is 2.99. The van der Waals surface area contributed by atoms with Gasteiger partial charge in [0, 0.05) is 25.0 Å². The van der Waals surface area contributed by atoms with E-state index in [0.29, 0.717) is 19.0 Å². The van der Waals surface area contributed by atoms with Crippen LogP contribution < -0.4 is 10.6 Å². The molecule has 0 spiro atoms. The van der Waals surface area contributed by atoms with Gasteiger partial charge in [-0.15, -0.1) is 12.4 Å². The largest absolute Gasteiger partial charge is 0.353 e. The van der Waals surface area contributed by atoms with Crippen molar-refractivity contribution in [3.05, 3.63) is 0 Å². The number of nitrogens with zero attached hydrogens (tertiary/aromatic N) is 1. The molecule has 2 N–H and O–H groups in total. The van der Waals surface area contributed by atoms with E-state index in [1.807, 2.05) is 11.8 Å². The summed E-state index contributed by atoms with van der Waals surface area (Å²) >= 11 is 0. The molecule has 5 nitrogen and oxygen atoms in total. The molecule has 2 heterocycles. The molecule has 22 heavy (non-hydrogen) atoms. The van der Waals surface area contributed by atoms with Crippen molar-refractivity contribution in [1.82, 2.24) is 15.5 Å². The van der Waals surface area contributed by atoms with Gasteiger partial charge in [-0.1, -0.05) is 13.8 Å². The highest BCUT2D eigenvalue weighted by molar-refractivity contribution is 5.85. The van der Waals surface area contributed by atoms with Crippen molar-refractivity contribution in [3.63, 3.8) is 0 Å². The van der Waals surface area contributed by atoms with E-state index in [-0.39, 0.29) is 42.2 Å². The van der Waals surface area contributed by atoms with Crippen molar-refractivity contribution in [2.24, 2.45) is 11.8 Å². The van der Waals surface area contributed by atoms with E-state index in [4.69, 9.17) is 0 Å². The summed E-state index contributed by atoms with van der Waals surface area (Å²) in [7, 11) is 0. The van der Waals surface area contributed by atoms with E-state index in [1.165, 1.54) is 0 Å². The maximum absolute atomic E-state index is 12.3. The fourth-order valence-corrected chi connectivity index (χ4v) is 2.99. The van der Waals surface area contributed by atoms with Gasteiger partial charge in [0.15, 0.2) is 0 Å². The normalized spacial score (nSPS) is 24.0. The van der Waals surface area contributed by atoms with E-state index in [1.54, 1.807) is 0 Å².